The molecule has 0 saturated carbocycles. The van der Waals surface area contributed by atoms with Crippen LogP contribution in [0.3, 0.4) is 0 Å². The van der Waals surface area contributed by atoms with Crippen LogP contribution >= 0.6 is 23.6 Å². The fourth-order valence-electron chi connectivity index (χ4n) is 0.900. The van der Waals surface area contributed by atoms with Crippen molar-refractivity contribution in [3.8, 4) is 10.8 Å². The smallest absolute Gasteiger partial charge is 0.236 e. The third kappa shape index (κ3) is 1.61. The lowest BCUT2D eigenvalue weighted by Gasteiger charge is -1.86. The Morgan fingerprint density at radius 2 is 2.46 bits per heavy atom. The van der Waals surface area contributed by atoms with Gasteiger partial charge in [0, 0.05) is 0 Å². The standard InChI is InChI=1S/C8H6N2OS2/c9-7(12)5-4-11-8(10-5)6-2-1-3-13-6/h1-4H,(H2,9,12). The van der Waals surface area contributed by atoms with Crippen molar-refractivity contribution in [1.29, 1.82) is 0 Å². The van der Waals surface area contributed by atoms with Crippen LogP contribution in [0.15, 0.2) is 28.2 Å². The Balaban J connectivity index is 2.39. The summed E-state index contributed by atoms with van der Waals surface area (Å²) in [6, 6.07) is 3.87. The van der Waals surface area contributed by atoms with Gasteiger partial charge in [-0.15, -0.1) is 11.3 Å². The number of rotatable bonds is 2. The van der Waals surface area contributed by atoms with Gasteiger partial charge in [0.1, 0.15) is 16.9 Å². The molecule has 0 aliphatic carbocycles. The first-order valence-electron chi connectivity index (χ1n) is 3.56. The Hall–Kier alpha value is -1.20. The highest BCUT2D eigenvalue weighted by Gasteiger charge is 2.08. The van der Waals surface area contributed by atoms with E-state index in [0.717, 1.165) is 4.88 Å². The van der Waals surface area contributed by atoms with E-state index in [-0.39, 0.29) is 4.99 Å². The Morgan fingerprint density at radius 3 is 3.00 bits per heavy atom. The maximum absolute atomic E-state index is 5.39. The maximum atomic E-state index is 5.39. The summed E-state index contributed by atoms with van der Waals surface area (Å²) in [6.45, 7) is 0. The number of hydrogen-bond acceptors (Lipinski definition) is 4. The zero-order chi connectivity index (χ0) is 9.26. The van der Waals surface area contributed by atoms with E-state index in [4.69, 9.17) is 22.4 Å². The second kappa shape index (κ2) is 3.27. The minimum Gasteiger partial charge on any atom is -0.443 e. The number of hydrogen-bond donors (Lipinski definition) is 1. The molecule has 66 valence electrons. The van der Waals surface area contributed by atoms with Gasteiger partial charge in [-0.05, 0) is 11.4 Å². The Kier molecular flexibility index (Phi) is 2.12. The van der Waals surface area contributed by atoms with E-state index in [0.29, 0.717) is 11.6 Å². The molecule has 2 N–H and O–H groups in total. The zero-order valence-electron chi connectivity index (χ0n) is 6.56. The molecule has 13 heavy (non-hydrogen) atoms. The van der Waals surface area contributed by atoms with E-state index in [2.05, 4.69) is 4.98 Å². The van der Waals surface area contributed by atoms with E-state index in [9.17, 15) is 0 Å². The van der Waals surface area contributed by atoms with Crippen LogP contribution in [-0.4, -0.2) is 9.97 Å². The van der Waals surface area contributed by atoms with E-state index in [1.54, 1.807) is 11.3 Å². The van der Waals surface area contributed by atoms with Crippen molar-refractivity contribution in [2.45, 2.75) is 0 Å². The molecule has 0 amide bonds. The summed E-state index contributed by atoms with van der Waals surface area (Å²) < 4.78 is 5.20. The average molecular weight is 210 g/mol. The summed E-state index contributed by atoms with van der Waals surface area (Å²) in [5, 5.41) is 1.96. The molecular weight excluding hydrogens is 204 g/mol. The molecule has 2 aromatic heterocycles. The van der Waals surface area contributed by atoms with Crippen LogP contribution in [0.4, 0.5) is 0 Å². The van der Waals surface area contributed by atoms with Crippen LogP contribution in [0.1, 0.15) is 5.69 Å². The summed E-state index contributed by atoms with van der Waals surface area (Å²) >= 11 is 6.32. The van der Waals surface area contributed by atoms with Gasteiger partial charge in [0.15, 0.2) is 0 Å². The van der Waals surface area contributed by atoms with Gasteiger partial charge in [-0.1, -0.05) is 18.3 Å². The van der Waals surface area contributed by atoms with Crippen LogP contribution in [0.2, 0.25) is 0 Å². The predicted molar refractivity (Wildman–Crippen MR) is 55.7 cm³/mol. The number of nitrogens with two attached hydrogens (primary N) is 1. The van der Waals surface area contributed by atoms with Crippen molar-refractivity contribution in [2.75, 3.05) is 0 Å². The topological polar surface area (TPSA) is 52.0 Å². The molecule has 5 heteroatoms. The fraction of sp³-hybridized carbons (Fsp3) is 0. The number of aromatic nitrogens is 1. The Morgan fingerprint density at radius 1 is 1.62 bits per heavy atom. The highest BCUT2D eigenvalue weighted by Crippen LogP contribution is 2.23. The lowest BCUT2D eigenvalue weighted by Crippen LogP contribution is -2.09. The second-order valence-electron chi connectivity index (χ2n) is 2.38. The van der Waals surface area contributed by atoms with E-state index in [1.807, 2.05) is 17.5 Å². The molecule has 2 rings (SSSR count). The fourth-order valence-corrected chi connectivity index (χ4v) is 1.65. The van der Waals surface area contributed by atoms with Crippen molar-refractivity contribution >= 4 is 28.5 Å². The number of oxazole rings is 1. The van der Waals surface area contributed by atoms with Crippen LogP contribution < -0.4 is 5.73 Å². The van der Waals surface area contributed by atoms with Crippen LogP contribution in [0.5, 0.6) is 0 Å². The summed E-state index contributed by atoms with van der Waals surface area (Å²) in [7, 11) is 0. The lowest BCUT2D eigenvalue weighted by atomic mass is 10.4. The van der Waals surface area contributed by atoms with Crippen LogP contribution in [-0.2, 0) is 0 Å². The van der Waals surface area contributed by atoms with Crippen molar-refractivity contribution in [1.82, 2.24) is 4.98 Å². The molecule has 0 aliphatic rings. The van der Waals surface area contributed by atoms with E-state index in [1.165, 1.54) is 6.26 Å². The molecule has 3 nitrogen and oxygen atoms in total. The molecule has 0 atom stereocenters. The largest absolute Gasteiger partial charge is 0.443 e. The normalized spacial score (nSPS) is 10.2. The third-order valence-corrected chi connectivity index (χ3v) is 2.56. The first kappa shape index (κ1) is 8.40. The highest BCUT2D eigenvalue weighted by atomic mass is 32.1. The Labute approximate surface area is 84.2 Å². The van der Waals surface area contributed by atoms with Crippen LogP contribution in [0.25, 0.3) is 10.8 Å². The number of nitrogens with zero attached hydrogens (tertiary/aromatic N) is 1. The molecule has 2 aromatic rings. The van der Waals surface area contributed by atoms with Crippen molar-refractivity contribution in [2.24, 2.45) is 5.73 Å². The van der Waals surface area contributed by atoms with Gasteiger partial charge < -0.3 is 10.2 Å². The molecule has 0 aliphatic heterocycles. The quantitative estimate of drug-likeness (QED) is 0.771. The molecule has 0 unspecified atom stereocenters. The second-order valence-corrected chi connectivity index (χ2v) is 3.77. The maximum Gasteiger partial charge on any atom is 0.236 e. The third-order valence-electron chi connectivity index (χ3n) is 1.49. The van der Waals surface area contributed by atoms with Gasteiger partial charge in [0.05, 0.1) is 4.88 Å². The average Bonchev–Trinajstić information content (AvgIpc) is 2.75. The van der Waals surface area contributed by atoms with Gasteiger partial charge >= 0.3 is 0 Å². The summed E-state index contributed by atoms with van der Waals surface area (Å²) in [5.74, 6) is 0.567. The molecule has 2 heterocycles. The van der Waals surface area contributed by atoms with Gasteiger partial charge in [0.2, 0.25) is 5.89 Å². The van der Waals surface area contributed by atoms with Crippen molar-refractivity contribution in [3.63, 3.8) is 0 Å². The van der Waals surface area contributed by atoms with E-state index < -0.39 is 0 Å². The van der Waals surface area contributed by atoms with Gasteiger partial charge in [-0.3, -0.25) is 0 Å². The molecular formula is C8H6N2OS2. The molecule has 0 spiro atoms. The number of thiocarbonyl (C=S) groups is 1. The highest BCUT2D eigenvalue weighted by molar-refractivity contribution is 7.80. The molecule has 0 bridgehead atoms. The molecule has 0 aromatic carbocycles. The summed E-state index contributed by atoms with van der Waals surface area (Å²) in [5.41, 5.74) is 5.92. The first-order valence-corrected chi connectivity index (χ1v) is 4.85. The van der Waals surface area contributed by atoms with Crippen LogP contribution in [0, 0.1) is 0 Å². The lowest BCUT2D eigenvalue weighted by molar-refractivity contribution is 0.576. The van der Waals surface area contributed by atoms with Gasteiger partial charge in [-0.25, -0.2) is 4.98 Å². The monoisotopic (exact) mass is 210 g/mol. The number of thiophene rings is 1. The summed E-state index contributed by atoms with van der Waals surface area (Å²) in [6.07, 6.45) is 1.47. The first-order chi connectivity index (χ1) is 6.27. The van der Waals surface area contributed by atoms with Gasteiger partial charge in [-0.2, -0.15) is 0 Å². The molecule has 0 fully saturated rings. The van der Waals surface area contributed by atoms with Crippen molar-refractivity contribution in [3.05, 3.63) is 29.5 Å². The zero-order valence-corrected chi connectivity index (χ0v) is 8.19. The summed E-state index contributed by atoms with van der Waals surface area (Å²) in [4.78, 5) is 5.36. The van der Waals surface area contributed by atoms with Gasteiger partial charge in [0.25, 0.3) is 0 Å². The van der Waals surface area contributed by atoms with E-state index >= 15 is 0 Å². The minimum absolute atomic E-state index is 0.256. The predicted octanol–water partition coefficient (Wildman–Crippen LogP) is 2.04. The SMILES string of the molecule is NC(=S)c1coc(-c2cccs2)n1. The Bertz CT molecular complexity index is 419. The molecule has 0 radical (unpaired) electrons. The molecule has 0 saturated heterocycles. The minimum atomic E-state index is 0.256. The van der Waals surface area contributed by atoms with Crippen molar-refractivity contribution < 1.29 is 4.42 Å².